The van der Waals surface area contributed by atoms with E-state index in [1.54, 1.807) is 34.8 Å². The quantitative estimate of drug-likeness (QED) is 0.125. The number of ether oxygens (including phenoxy) is 5. The van der Waals surface area contributed by atoms with Gasteiger partial charge in [0.1, 0.15) is 29.5 Å². The number of esters is 1. The summed E-state index contributed by atoms with van der Waals surface area (Å²) in [6.45, 7) is 14.7. The van der Waals surface area contributed by atoms with E-state index in [0.29, 0.717) is 12.8 Å². The van der Waals surface area contributed by atoms with Crippen molar-refractivity contribution in [3.8, 4) is 5.75 Å². The Morgan fingerprint density at radius 2 is 1.67 bits per heavy atom. The Morgan fingerprint density at radius 1 is 1.04 bits per heavy atom. The molecule has 0 aliphatic carbocycles. The van der Waals surface area contributed by atoms with Crippen LogP contribution < -0.4 is 15.4 Å². The summed E-state index contributed by atoms with van der Waals surface area (Å²) in [5.74, 6) is -4.86. The Labute approximate surface area is 339 Å². The standard InChI is InChI=1S/C42H71N3O12/c1-13-33-42(9,52)36(49)28(7)38(50)44-24(3)20-41(8,54-22-30(46)21-43-23(2)18-29-14-16-31(53-12)17-15-29)37(26(5)34(47)27(6)39(51)56-33)57-40-35(48)32(45(10)11)19-25(4)55-40/h14-17,23-28,30,32-33,35-37,40,43,46,48-49,52H,13,18-22H2,1-12H3,(H,44,50)/t23-,24-,25-,26+,27-,28-,30?,32+,33-,35-,36-,37-,40+,41-,42-/m1/s1. The lowest BCUT2D eigenvalue weighted by atomic mass is 9.79. The van der Waals surface area contributed by atoms with E-state index in [9.17, 15) is 34.8 Å². The number of aliphatic hydroxyl groups is 4. The Kier molecular flexibility index (Phi) is 17.9. The third-order valence-corrected chi connectivity index (χ3v) is 11.7. The van der Waals surface area contributed by atoms with Gasteiger partial charge in [-0.2, -0.15) is 0 Å². The molecule has 1 aromatic rings. The van der Waals surface area contributed by atoms with Gasteiger partial charge in [-0.3, -0.25) is 14.4 Å². The van der Waals surface area contributed by atoms with Crippen LogP contribution in [0.25, 0.3) is 0 Å². The van der Waals surface area contributed by atoms with E-state index >= 15 is 0 Å². The van der Waals surface area contributed by atoms with E-state index in [-0.39, 0.29) is 44.2 Å². The maximum absolute atomic E-state index is 14.4. The molecule has 2 aliphatic rings. The lowest BCUT2D eigenvalue weighted by Gasteiger charge is -2.47. The van der Waals surface area contributed by atoms with Crippen LogP contribution in [-0.4, -0.2) is 150 Å². The maximum Gasteiger partial charge on any atom is 0.316 e. The summed E-state index contributed by atoms with van der Waals surface area (Å²) in [5, 5.41) is 51.8. The highest BCUT2D eigenvalue weighted by molar-refractivity contribution is 6.00. The number of ketones is 1. The predicted molar refractivity (Wildman–Crippen MR) is 213 cm³/mol. The van der Waals surface area contributed by atoms with Crippen molar-refractivity contribution in [2.75, 3.05) is 34.4 Å². The number of carbonyl (C=O) groups is 3. The van der Waals surface area contributed by atoms with E-state index < -0.39 is 89.5 Å². The van der Waals surface area contributed by atoms with Crippen molar-refractivity contribution >= 4 is 17.7 Å². The summed E-state index contributed by atoms with van der Waals surface area (Å²) in [7, 11) is 5.30. The molecule has 3 rings (SSSR count). The molecule has 2 fully saturated rings. The molecule has 0 saturated carbocycles. The summed E-state index contributed by atoms with van der Waals surface area (Å²) in [6.07, 6.45) is -6.41. The molecule has 15 heteroatoms. The second kappa shape index (κ2) is 21.0. The number of amides is 1. The lowest BCUT2D eigenvalue weighted by molar-refractivity contribution is -0.298. The third kappa shape index (κ3) is 12.6. The minimum atomic E-state index is -2.04. The third-order valence-electron chi connectivity index (χ3n) is 11.7. The van der Waals surface area contributed by atoms with Gasteiger partial charge in [-0.25, -0.2) is 0 Å². The number of methoxy groups -OCH3 is 1. The van der Waals surface area contributed by atoms with Crippen LogP contribution in [0.2, 0.25) is 0 Å². The van der Waals surface area contributed by atoms with Crippen LogP contribution in [0, 0.1) is 17.8 Å². The number of hydrogen-bond donors (Lipinski definition) is 6. The van der Waals surface area contributed by atoms with E-state index in [0.717, 1.165) is 11.3 Å². The van der Waals surface area contributed by atoms with Crippen LogP contribution in [0.5, 0.6) is 5.75 Å². The molecule has 15 nitrogen and oxygen atoms in total. The van der Waals surface area contributed by atoms with Gasteiger partial charge in [0.2, 0.25) is 5.91 Å². The zero-order valence-corrected chi connectivity index (χ0v) is 36.1. The van der Waals surface area contributed by atoms with Gasteiger partial charge in [0, 0.05) is 30.6 Å². The zero-order chi connectivity index (χ0) is 43.0. The lowest BCUT2D eigenvalue weighted by Crippen LogP contribution is -2.60. The largest absolute Gasteiger partial charge is 0.497 e. The summed E-state index contributed by atoms with van der Waals surface area (Å²) >= 11 is 0. The Morgan fingerprint density at radius 3 is 2.25 bits per heavy atom. The molecular weight excluding hydrogens is 738 g/mol. The molecule has 0 spiro atoms. The molecule has 1 aromatic carbocycles. The number of nitrogens with zero attached hydrogens (tertiary/aromatic N) is 1. The first-order valence-corrected chi connectivity index (χ1v) is 20.3. The van der Waals surface area contributed by atoms with Crippen LogP contribution in [0.3, 0.4) is 0 Å². The molecule has 57 heavy (non-hydrogen) atoms. The molecule has 0 aromatic heterocycles. The smallest absolute Gasteiger partial charge is 0.316 e. The van der Waals surface area contributed by atoms with Crippen molar-refractivity contribution in [1.82, 2.24) is 15.5 Å². The highest BCUT2D eigenvalue weighted by Crippen LogP contribution is 2.36. The van der Waals surface area contributed by atoms with E-state index in [2.05, 4.69) is 10.6 Å². The van der Waals surface area contributed by atoms with Crippen molar-refractivity contribution < 1.29 is 58.5 Å². The van der Waals surface area contributed by atoms with Crippen molar-refractivity contribution in [3.05, 3.63) is 29.8 Å². The normalized spacial score (nSPS) is 37.4. The Bertz CT molecular complexity index is 1450. The predicted octanol–water partition coefficient (Wildman–Crippen LogP) is 1.98. The van der Waals surface area contributed by atoms with E-state index in [1.807, 2.05) is 57.1 Å². The topological polar surface area (TPSA) is 206 Å². The summed E-state index contributed by atoms with van der Waals surface area (Å²) < 4.78 is 30.4. The molecule has 1 unspecified atom stereocenters. The van der Waals surface area contributed by atoms with E-state index in [4.69, 9.17) is 23.7 Å². The fourth-order valence-electron chi connectivity index (χ4n) is 8.11. The van der Waals surface area contributed by atoms with Gasteiger partial charge in [-0.1, -0.05) is 32.9 Å². The van der Waals surface area contributed by atoms with Crippen LogP contribution >= 0.6 is 0 Å². The maximum atomic E-state index is 14.4. The minimum Gasteiger partial charge on any atom is -0.497 e. The average molecular weight is 810 g/mol. The van der Waals surface area contributed by atoms with Gasteiger partial charge in [0.25, 0.3) is 0 Å². The van der Waals surface area contributed by atoms with Crippen molar-refractivity contribution in [2.45, 2.75) is 160 Å². The number of cyclic esters (lactones) is 1. The molecule has 326 valence electrons. The van der Waals surface area contributed by atoms with Gasteiger partial charge in [0.05, 0.1) is 49.7 Å². The van der Waals surface area contributed by atoms with Crippen molar-refractivity contribution in [1.29, 1.82) is 0 Å². The summed E-state index contributed by atoms with van der Waals surface area (Å²) in [4.78, 5) is 43.5. The number of benzene rings is 1. The molecule has 15 atom stereocenters. The van der Waals surface area contributed by atoms with Gasteiger partial charge < -0.3 is 59.6 Å². The zero-order valence-electron chi connectivity index (χ0n) is 36.1. The van der Waals surface area contributed by atoms with Crippen LogP contribution in [0.15, 0.2) is 24.3 Å². The highest BCUT2D eigenvalue weighted by Gasteiger charge is 2.51. The average Bonchev–Trinajstić information content (AvgIpc) is 3.16. The Hall–Kier alpha value is -2.73. The number of Topliss-reactive ketones (excluding diaryl/α,β-unsaturated/α-hetero) is 1. The molecular formula is C42H71N3O12. The molecule has 6 N–H and O–H groups in total. The number of aliphatic hydroxyl groups excluding tert-OH is 3. The van der Waals surface area contributed by atoms with E-state index in [1.165, 1.54) is 20.8 Å². The highest BCUT2D eigenvalue weighted by atomic mass is 16.7. The molecule has 2 saturated heterocycles. The number of carbonyl (C=O) groups excluding carboxylic acids is 3. The molecule has 0 radical (unpaired) electrons. The molecule has 1 amide bonds. The summed E-state index contributed by atoms with van der Waals surface area (Å²) in [5.41, 5.74) is -2.41. The second-order valence-electron chi connectivity index (χ2n) is 17.1. The monoisotopic (exact) mass is 810 g/mol. The van der Waals surface area contributed by atoms with Gasteiger partial charge >= 0.3 is 5.97 Å². The van der Waals surface area contributed by atoms with Gasteiger partial charge in [-0.15, -0.1) is 0 Å². The fourth-order valence-corrected chi connectivity index (χ4v) is 8.11. The Balaban J connectivity index is 2.01. The van der Waals surface area contributed by atoms with Crippen molar-refractivity contribution in [2.24, 2.45) is 17.8 Å². The number of hydrogen-bond acceptors (Lipinski definition) is 14. The van der Waals surface area contributed by atoms with Gasteiger partial charge in [-0.05, 0) is 99.0 Å². The van der Waals surface area contributed by atoms with Crippen LogP contribution in [0.4, 0.5) is 0 Å². The fraction of sp³-hybridized carbons (Fsp3) is 0.786. The van der Waals surface area contributed by atoms with Crippen LogP contribution in [0.1, 0.15) is 87.1 Å². The SMILES string of the molecule is CC[C@H]1OC(=O)[C@H](C)C(=O)[C@H](C)[C@@H](O[C@@H]2O[C@H](C)C[C@H](N(C)C)[C@H]2O)[C@](C)(OCC(O)CN[C@H](C)Cc2ccc(OC)cc2)C[C@@H](C)NC(=O)[C@H](C)[C@@H](O)[C@]1(C)O. The molecule has 2 aliphatic heterocycles. The minimum absolute atomic E-state index is 0.00531. The number of nitrogens with one attached hydrogen (secondary N) is 2. The van der Waals surface area contributed by atoms with Gasteiger partial charge in [0.15, 0.2) is 12.1 Å². The number of rotatable bonds is 13. The summed E-state index contributed by atoms with van der Waals surface area (Å²) in [6, 6.07) is 6.74. The number of likely N-dealkylation sites (N-methyl/N-ethyl adjacent to an activating group) is 1. The first-order valence-electron chi connectivity index (χ1n) is 20.3. The van der Waals surface area contributed by atoms with Crippen LogP contribution in [-0.2, 0) is 39.8 Å². The van der Waals surface area contributed by atoms with Crippen molar-refractivity contribution in [3.63, 3.8) is 0 Å². The second-order valence-corrected chi connectivity index (χ2v) is 17.1. The molecule has 2 heterocycles. The molecule has 0 bridgehead atoms. The first-order chi connectivity index (χ1) is 26.6. The first kappa shape index (κ1) is 48.6.